The molecule has 0 radical (unpaired) electrons. The van der Waals surface area contributed by atoms with Crippen LogP contribution in [0.5, 0.6) is 5.75 Å². The average Bonchev–Trinajstić information content (AvgIpc) is 3.25. The van der Waals surface area contributed by atoms with Crippen molar-refractivity contribution in [3.63, 3.8) is 0 Å². The monoisotopic (exact) mass is 354 g/mol. The molecule has 1 amide bonds. The van der Waals surface area contributed by atoms with Gasteiger partial charge >= 0.3 is 0 Å². The Morgan fingerprint density at radius 2 is 2.24 bits per heavy atom. The summed E-state index contributed by atoms with van der Waals surface area (Å²) in [6.07, 6.45) is 5.56. The van der Waals surface area contributed by atoms with Gasteiger partial charge in [-0.1, -0.05) is 0 Å². The Hall–Kier alpha value is -3.00. The Morgan fingerprint density at radius 3 is 3.04 bits per heavy atom. The number of carbonyl (C=O) groups excluding carboxylic acids is 1. The van der Waals surface area contributed by atoms with Crippen LogP contribution in [0, 0.1) is 0 Å². The van der Waals surface area contributed by atoms with Crippen molar-refractivity contribution < 1.29 is 9.90 Å². The fourth-order valence-corrected chi connectivity index (χ4v) is 3.66. The van der Waals surface area contributed by atoms with E-state index in [0.29, 0.717) is 34.9 Å². The summed E-state index contributed by atoms with van der Waals surface area (Å²) in [4.78, 5) is 35.7. The van der Waals surface area contributed by atoms with Crippen LogP contribution in [0.25, 0.3) is 11.3 Å². The van der Waals surface area contributed by atoms with Crippen molar-refractivity contribution in [2.24, 2.45) is 0 Å². The third-order valence-corrected chi connectivity index (χ3v) is 4.90. The Bertz CT molecular complexity index is 1010. The average molecular weight is 354 g/mol. The molecule has 0 aromatic carbocycles. The summed E-state index contributed by atoms with van der Waals surface area (Å²) < 4.78 is 0. The summed E-state index contributed by atoms with van der Waals surface area (Å²) in [6.45, 7) is 0. The number of nitrogens with zero attached hydrogens (tertiary/aromatic N) is 2. The Morgan fingerprint density at radius 1 is 1.36 bits per heavy atom. The molecule has 0 aliphatic heterocycles. The first-order valence-corrected chi connectivity index (χ1v) is 8.65. The standard InChI is InChI=1S/C17H14N4O3S/c22-14-10-4-1-5-11(10)19-15(23)13(14)16(24)21-17-20-12(8-25-17)9-3-2-6-18-7-9/h2-3,6-8H,1,4-5H2,(H2,19,22,23)(H,20,21,24). The lowest BCUT2D eigenvalue weighted by atomic mass is 10.1. The van der Waals surface area contributed by atoms with E-state index in [-0.39, 0.29) is 11.3 Å². The van der Waals surface area contributed by atoms with E-state index in [9.17, 15) is 14.7 Å². The van der Waals surface area contributed by atoms with Crippen LogP contribution in [0.15, 0.2) is 34.7 Å². The van der Waals surface area contributed by atoms with Gasteiger partial charge in [-0.15, -0.1) is 11.3 Å². The lowest BCUT2D eigenvalue weighted by Gasteiger charge is -2.08. The molecule has 3 aromatic rings. The highest BCUT2D eigenvalue weighted by Crippen LogP contribution is 2.30. The van der Waals surface area contributed by atoms with Crippen LogP contribution in [0.4, 0.5) is 5.13 Å². The molecule has 0 fully saturated rings. The molecule has 0 saturated carbocycles. The normalized spacial score (nSPS) is 12.8. The Labute approximate surface area is 146 Å². The second kappa shape index (κ2) is 6.14. The van der Waals surface area contributed by atoms with Gasteiger partial charge in [-0.25, -0.2) is 4.98 Å². The summed E-state index contributed by atoms with van der Waals surface area (Å²) in [7, 11) is 0. The minimum atomic E-state index is -0.666. The van der Waals surface area contributed by atoms with E-state index < -0.39 is 11.5 Å². The summed E-state index contributed by atoms with van der Waals surface area (Å²) in [6, 6.07) is 3.67. The van der Waals surface area contributed by atoms with Crippen molar-refractivity contribution in [1.29, 1.82) is 0 Å². The fourth-order valence-electron chi connectivity index (χ4n) is 2.95. The zero-order valence-electron chi connectivity index (χ0n) is 13.1. The maximum absolute atomic E-state index is 12.5. The summed E-state index contributed by atoms with van der Waals surface area (Å²) in [5.74, 6) is -0.890. The van der Waals surface area contributed by atoms with E-state index in [1.165, 1.54) is 11.3 Å². The van der Waals surface area contributed by atoms with Crippen LogP contribution in [-0.2, 0) is 12.8 Å². The van der Waals surface area contributed by atoms with Crippen LogP contribution in [0.3, 0.4) is 0 Å². The highest BCUT2D eigenvalue weighted by Gasteiger charge is 2.25. The summed E-state index contributed by atoms with van der Waals surface area (Å²) in [5, 5.41) is 15.0. The lowest BCUT2D eigenvalue weighted by Crippen LogP contribution is -2.24. The first-order valence-electron chi connectivity index (χ1n) is 7.78. The van der Waals surface area contributed by atoms with Crippen LogP contribution < -0.4 is 10.9 Å². The number of rotatable bonds is 3. The van der Waals surface area contributed by atoms with Gasteiger partial charge in [0.1, 0.15) is 11.3 Å². The van der Waals surface area contributed by atoms with Gasteiger partial charge in [0.15, 0.2) is 5.13 Å². The Kier molecular flexibility index (Phi) is 3.81. The number of aromatic nitrogens is 3. The van der Waals surface area contributed by atoms with Gasteiger partial charge in [0, 0.05) is 34.6 Å². The number of nitrogens with one attached hydrogen (secondary N) is 2. The minimum absolute atomic E-state index is 0.224. The topological polar surface area (TPSA) is 108 Å². The number of H-pyrrole nitrogens is 1. The molecule has 4 rings (SSSR count). The van der Waals surface area contributed by atoms with E-state index in [0.717, 1.165) is 12.0 Å². The molecule has 0 atom stereocenters. The summed E-state index contributed by atoms with van der Waals surface area (Å²) in [5.41, 5.74) is 2.03. The molecular weight excluding hydrogens is 340 g/mol. The number of hydrogen-bond donors (Lipinski definition) is 3. The maximum Gasteiger partial charge on any atom is 0.266 e. The molecule has 0 saturated heterocycles. The first kappa shape index (κ1) is 15.5. The molecule has 3 N–H and O–H groups in total. The SMILES string of the molecule is O=C(Nc1nc(-c2cccnc2)cs1)c1c(O)c2c([nH]c1=O)CCC2. The van der Waals surface area contributed by atoms with Crippen LogP contribution in [0.1, 0.15) is 28.0 Å². The van der Waals surface area contributed by atoms with Gasteiger partial charge in [0.2, 0.25) is 0 Å². The zero-order valence-corrected chi connectivity index (χ0v) is 13.9. The van der Waals surface area contributed by atoms with E-state index in [4.69, 9.17) is 0 Å². The third kappa shape index (κ3) is 2.80. The van der Waals surface area contributed by atoms with Crippen LogP contribution in [-0.4, -0.2) is 26.0 Å². The van der Waals surface area contributed by atoms with Crippen molar-refractivity contribution >= 4 is 22.4 Å². The zero-order chi connectivity index (χ0) is 17.4. The second-order valence-corrected chi connectivity index (χ2v) is 6.58. The number of thiazole rings is 1. The molecule has 0 unspecified atom stereocenters. The molecule has 25 heavy (non-hydrogen) atoms. The first-order chi connectivity index (χ1) is 12.1. The number of anilines is 1. The van der Waals surface area contributed by atoms with E-state index in [2.05, 4.69) is 20.3 Å². The molecule has 1 aliphatic carbocycles. The number of amides is 1. The minimum Gasteiger partial charge on any atom is -0.507 e. The van der Waals surface area contributed by atoms with Crippen LogP contribution >= 0.6 is 11.3 Å². The van der Waals surface area contributed by atoms with Gasteiger partial charge in [-0.2, -0.15) is 0 Å². The number of aromatic hydroxyl groups is 1. The quantitative estimate of drug-likeness (QED) is 0.669. The fraction of sp³-hybridized carbons (Fsp3) is 0.176. The number of carbonyl (C=O) groups is 1. The summed E-state index contributed by atoms with van der Waals surface area (Å²) >= 11 is 1.24. The van der Waals surface area contributed by atoms with Crippen molar-refractivity contribution in [3.8, 4) is 17.0 Å². The van der Waals surface area contributed by atoms with E-state index in [1.54, 1.807) is 23.8 Å². The predicted molar refractivity (Wildman–Crippen MR) is 94.1 cm³/mol. The molecule has 8 heteroatoms. The van der Waals surface area contributed by atoms with Crippen molar-refractivity contribution in [2.75, 3.05) is 5.32 Å². The third-order valence-electron chi connectivity index (χ3n) is 4.14. The molecule has 1 aliphatic rings. The van der Waals surface area contributed by atoms with E-state index >= 15 is 0 Å². The van der Waals surface area contributed by atoms with Gasteiger partial charge in [-0.3, -0.25) is 19.9 Å². The second-order valence-electron chi connectivity index (χ2n) is 5.72. The van der Waals surface area contributed by atoms with Crippen molar-refractivity contribution in [1.82, 2.24) is 15.0 Å². The van der Waals surface area contributed by atoms with Gasteiger partial charge < -0.3 is 10.1 Å². The lowest BCUT2D eigenvalue weighted by molar-refractivity contribution is 0.102. The number of pyridine rings is 2. The molecule has 3 aromatic heterocycles. The predicted octanol–water partition coefficient (Wildman–Crippen LogP) is 2.34. The molecule has 3 heterocycles. The number of aryl methyl sites for hydroxylation is 1. The van der Waals surface area contributed by atoms with Gasteiger partial charge in [-0.05, 0) is 31.4 Å². The number of hydrogen-bond acceptors (Lipinski definition) is 6. The highest BCUT2D eigenvalue weighted by atomic mass is 32.1. The highest BCUT2D eigenvalue weighted by molar-refractivity contribution is 7.14. The van der Waals surface area contributed by atoms with Gasteiger partial charge in [0.05, 0.1) is 5.69 Å². The molecule has 7 nitrogen and oxygen atoms in total. The molecule has 126 valence electrons. The van der Waals surface area contributed by atoms with Crippen molar-refractivity contribution in [3.05, 3.63) is 57.1 Å². The number of aromatic amines is 1. The molecule has 0 bridgehead atoms. The number of fused-ring (bicyclic) bond motifs is 1. The van der Waals surface area contributed by atoms with Crippen molar-refractivity contribution in [2.45, 2.75) is 19.3 Å². The molecule has 0 spiro atoms. The largest absolute Gasteiger partial charge is 0.507 e. The Balaban J connectivity index is 1.62. The van der Waals surface area contributed by atoms with E-state index in [1.807, 2.05) is 6.07 Å². The maximum atomic E-state index is 12.5. The van der Waals surface area contributed by atoms with Gasteiger partial charge in [0.25, 0.3) is 11.5 Å². The smallest absolute Gasteiger partial charge is 0.266 e. The molecular formula is C17H14N4O3S. The van der Waals surface area contributed by atoms with Crippen LogP contribution in [0.2, 0.25) is 0 Å².